The van der Waals surface area contributed by atoms with Crippen LogP contribution in [0.5, 0.6) is 0 Å². The Hall–Kier alpha value is -2.97. The van der Waals surface area contributed by atoms with Crippen LogP contribution in [0.2, 0.25) is 0 Å². The summed E-state index contributed by atoms with van der Waals surface area (Å²) in [7, 11) is 0. The quantitative estimate of drug-likeness (QED) is 0.661. The monoisotopic (exact) mass is 435 g/mol. The van der Waals surface area contributed by atoms with Crippen molar-refractivity contribution in [2.24, 2.45) is 0 Å². The van der Waals surface area contributed by atoms with Crippen LogP contribution in [0.1, 0.15) is 17.3 Å². The molecule has 1 aliphatic rings. The molecule has 1 fully saturated rings. The highest BCUT2D eigenvalue weighted by molar-refractivity contribution is 5.94. The van der Waals surface area contributed by atoms with E-state index >= 15 is 0 Å². The first kappa shape index (κ1) is 21.7. The molecule has 0 aliphatic carbocycles. The molecular weight excluding hydrogens is 416 g/mol. The van der Waals surface area contributed by atoms with E-state index in [4.69, 9.17) is 0 Å². The largest absolute Gasteiger partial charge is 0.477 e. The molecule has 1 aromatic heterocycles. The first-order valence-corrected chi connectivity index (χ1v) is 9.21. The van der Waals surface area contributed by atoms with E-state index in [1.807, 2.05) is 0 Å². The molecule has 1 saturated heterocycles. The minimum Gasteiger partial charge on any atom is -0.477 e. The van der Waals surface area contributed by atoms with Crippen LogP contribution in [-0.4, -0.2) is 41.3 Å². The Morgan fingerprint density at radius 2 is 1.97 bits per heavy atom. The summed E-state index contributed by atoms with van der Waals surface area (Å²) in [4.78, 5) is 26.4. The van der Waals surface area contributed by atoms with Gasteiger partial charge in [-0.3, -0.25) is 4.79 Å². The van der Waals surface area contributed by atoms with Gasteiger partial charge >= 0.3 is 5.97 Å². The number of hydrogen-bond acceptors (Lipinski definition) is 4. The average molecular weight is 436 g/mol. The maximum atomic E-state index is 14.5. The van der Waals surface area contributed by atoms with E-state index in [0.717, 1.165) is 43.7 Å². The number of benzene rings is 2. The van der Waals surface area contributed by atoms with Gasteiger partial charge < -0.3 is 19.9 Å². The molecule has 158 valence electrons. The Kier molecular flexibility index (Phi) is 6.09. The maximum Gasteiger partial charge on any atom is 0.341 e. The highest BCUT2D eigenvalue weighted by atomic mass is 35.5. The first-order valence-electron chi connectivity index (χ1n) is 9.21. The van der Waals surface area contributed by atoms with E-state index in [0.29, 0.717) is 5.52 Å². The number of carbonyl (C=O) groups is 1. The number of nitrogens with one attached hydrogen (secondary N) is 1. The lowest BCUT2D eigenvalue weighted by molar-refractivity contribution is 0.0695. The number of piperazine rings is 1. The number of carboxylic acids is 1. The fourth-order valence-electron chi connectivity index (χ4n) is 3.71. The van der Waals surface area contributed by atoms with Crippen molar-refractivity contribution in [1.82, 2.24) is 9.88 Å². The van der Waals surface area contributed by atoms with Crippen LogP contribution >= 0.6 is 12.4 Å². The maximum absolute atomic E-state index is 14.5. The zero-order chi connectivity index (χ0) is 20.7. The summed E-state index contributed by atoms with van der Waals surface area (Å²) in [5.41, 5.74) is 0.0276. The topological polar surface area (TPSA) is 74.6 Å². The number of nitrogens with zero attached hydrogens (tertiary/aromatic N) is 2. The van der Waals surface area contributed by atoms with Gasteiger partial charge in [-0.25, -0.2) is 13.6 Å². The number of aromatic nitrogens is 1. The van der Waals surface area contributed by atoms with Gasteiger partial charge in [0.25, 0.3) is 0 Å². The molecular formula is C21H20ClF2N3O3. The Morgan fingerprint density at radius 3 is 2.63 bits per heavy atom. The molecule has 30 heavy (non-hydrogen) atoms. The van der Waals surface area contributed by atoms with Gasteiger partial charge in [-0.05, 0) is 37.3 Å². The Labute approximate surface area is 177 Å². The van der Waals surface area contributed by atoms with Crippen LogP contribution in [0.15, 0.2) is 47.4 Å². The summed E-state index contributed by atoms with van der Waals surface area (Å²) in [5, 5.41) is 12.9. The third-order valence-corrected chi connectivity index (χ3v) is 5.12. The second-order valence-corrected chi connectivity index (χ2v) is 7.15. The third-order valence-electron chi connectivity index (χ3n) is 5.12. The second-order valence-electron chi connectivity index (χ2n) is 7.15. The first-order chi connectivity index (χ1) is 13.8. The SMILES string of the molecule is CC1CN(c2ccc3c(=O)c(C(=O)O)cn(-c4ccc(F)cc4F)c3c2)CCN1.Cl. The molecule has 2 heterocycles. The van der Waals surface area contributed by atoms with Crippen molar-refractivity contribution in [1.29, 1.82) is 0 Å². The van der Waals surface area contributed by atoms with Crippen molar-refractivity contribution in [2.75, 3.05) is 24.5 Å². The Morgan fingerprint density at radius 1 is 1.20 bits per heavy atom. The standard InChI is InChI=1S/C21H19F2N3O3.ClH/c1-12-10-25(7-6-24-12)14-3-4-15-19(9-14)26(11-16(20(15)27)21(28)29)18-5-2-13(22)8-17(18)23;/h2-5,8-9,11-12,24H,6-7,10H2,1H3,(H,28,29);1H. The van der Waals surface area contributed by atoms with E-state index in [9.17, 15) is 23.5 Å². The predicted molar refractivity (Wildman–Crippen MR) is 113 cm³/mol. The van der Waals surface area contributed by atoms with Crippen molar-refractivity contribution in [2.45, 2.75) is 13.0 Å². The van der Waals surface area contributed by atoms with Crippen LogP contribution in [0.25, 0.3) is 16.6 Å². The minimum absolute atomic E-state index is 0. The molecule has 9 heteroatoms. The van der Waals surface area contributed by atoms with Gasteiger partial charge in [0.2, 0.25) is 5.43 Å². The van der Waals surface area contributed by atoms with Gasteiger partial charge in [0, 0.05) is 49.0 Å². The lowest BCUT2D eigenvalue weighted by Gasteiger charge is -2.33. The van der Waals surface area contributed by atoms with E-state index in [-0.39, 0.29) is 29.5 Å². The lowest BCUT2D eigenvalue weighted by Crippen LogP contribution is -2.49. The highest BCUT2D eigenvalue weighted by Crippen LogP contribution is 2.26. The molecule has 0 bridgehead atoms. The number of carboxylic acid groups (broad SMARTS) is 1. The number of rotatable bonds is 3. The van der Waals surface area contributed by atoms with E-state index in [2.05, 4.69) is 17.1 Å². The molecule has 1 atom stereocenters. The van der Waals surface area contributed by atoms with Crippen molar-refractivity contribution >= 4 is 35.0 Å². The Bertz CT molecular complexity index is 1180. The van der Waals surface area contributed by atoms with Crippen molar-refractivity contribution < 1.29 is 18.7 Å². The summed E-state index contributed by atoms with van der Waals surface area (Å²) < 4.78 is 29.2. The van der Waals surface area contributed by atoms with Crippen molar-refractivity contribution in [3.05, 3.63) is 70.0 Å². The molecule has 2 N–H and O–H groups in total. The minimum atomic E-state index is -1.41. The highest BCUT2D eigenvalue weighted by Gasteiger charge is 2.20. The molecule has 0 amide bonds. The predicted octanol–water partition coefficient (Wildman–Crippen LogP) is 3.19. The van der Waals surface area contributed by atoms with Gasteiger partial charge in [0.15, 0.2) is 0 Å². The molecule has 6 nitrogen and oxygen atoms in total. The summed E-state index contributed by atoms with van der Waals surface area (Å²) in [6, 6.07) is 8.38. The van der Waals surface area contributed by atoms with Gasteiger partial charge in [-0.15, -0.1) is 12.4 Å². The summed E-state index contributed by atoms with van der Waals surface area (Å²) in [6.07, 6.45) is 1.09. The van der Waals surface area contributed by atoms with Crippen molar-refractivity contribution in [3.8, 4) is 5.69 Å². The number of halogens is 3. The zero-order valence-electron chi connectivity index (χ0n) is 16.1. The Balaban J connectivity index is 0.00000256. The number of pyridine rings is 1. The third kappa shape index (κ3) is 3.88. The van der Waals surface area contributed by atoms with Crippen molar-refractivity contribution in [3.63, 3.8) is 0 Å². The van der Waals surface area contributed by atoms with Gasteiger partial charge in [0.1, 0.15) is 17.2 Å². The number of hydrogen-bond donors (Lipinski definition) is 2. The zero-order valence-corrected chi connectivity index (χ0v) is 16.9. The fourth-order valence-corrected chi connectivity index (χ4v) is 3.71. The number of aromatic carboxylic acids is 1. The van der Waals surface area contributed by atoms with Crippen LogP contribution < -0.4 is 15.6 Å². The van der Waals surface area contributed by atoms with Gasteiger partial charge in [-0.2, -0.15) is 0 Å². The summed E-state index contributed by atoms with van der Waals surface area (Å²) >= 11 is 0. The van der Waals surface area contributed by atoms with Gasteiger partial charge in [-0.1, -0.05) is 0 Å². The lowest BCUT2D eigenvalue weighted by atomic mass is 10.1. The molecule has 1 unspecified atom stereocenters. The smallest absolute Gasteiger partial charge is 0.341 e. The van der Waals surface area contributed by atoms with E-state index in [1.165, 1.54) is 10.6 Å². The van der Waals surface area contributed by atoms with E-state index in [1.54, 1.807) is 18.2 Å². The summed E-state index contributed by atoms with van der Waals surface area (Å²) in [5.74, 6) is -3.01. The van der Waals surface area contributed by atoms with Crippen LogP contribution in [0, 0.1) is 11.6 Å². The second kappa shape index (κ2) is 8.41. The normalized spacial score (nSPS) is 16.4. The van der Waals surface area contributed by atoms with Crippen LogP contribution in [-0.2, 0) is 0 Å². The van der Waals surface area contributed by atoms with Crippen LogP contribution in [0.4, 0.5) is 14.5 Å². The summed E-state index contributed by atoms with van der Waals surface area (Å²) in [6.45, 7) is 4.39. The molecule has 2 aromatic carbocycles. The van der Waals surface area contributed by atoms with Gasteiger partial charge in [0.05, 0.1) is 11.2 Å². The molecule has 3 aromatic rings. The molecule has 0 spiro atoms. The molecule has 0 saturated carbocycles. The molecule has 4 rings (SSSR count). The number of fused-ring (bicyclic) bond motifs is 1. The average Bonchev–Trinajstić information content (AvgIpc) is 2.68. The number of anilines is 1. The van der Waals surface area contributed by atoms with Crippen LogP contribution in [0.3, 0.4) is 0 Å². The molecule has 1 aliphatic heterocycles. The molecule has 0 radical (unpaired) electrons. The van der Waals surface area contributed by atoms with E-state index < -0.39 is 28.6 Å². The fraction of sp³-hybridized carbons (Fsp3) is 0.238.